The summed E-state index contributed by atoms with van der Waals surface area (Å²) in [5, 5.41) is 23.8. The third-order valence-electron chi connectivity index (χ3n) is 6.40. The van der Waals surface area contributed by atoms with E-state index in [2.05, 4.69) is 30.6 Å². The van der Waals surface area contributed by atoms with Crippen LogP contribution in [0.2, 0.25) is 0 Å². The van der Waals surface area contributed by atoms with Crippen LogP contribution in [0, 0.1) is 0 Å². The number of unbranched alkanes of at least 4 members (excludes halogenated alkanes) is 1. The number of hydrogen-bond acceptors (Lipinski definition) is 6. The molecule has 40 heavy (non-hydrogen) atoms. The molecule has 0 atom stereocenters. The number of fused-ring (bicyclic) bond motifs is 1. The van der Waals surface area contributed by atoms with Gasteiger partial charge in [-0.3, -0.25) is 4.57 Å². The molecule has 0 bridgehead atoms. The summed E-state index contributed by atoms with van der Waals surface area (Å²) in [6.07, 6.45) is -3.52. The highest BCUT2D eigenvalue weighted by Gasteiger charge is 2.62. The van der Waals surface area contributed by atoms with E-state index in [1.807, 2.05) is 0 Å². The van der Waals surface area contributed by atoms with E-state index >= 15 is 0 Å². The summed E-state index contributed by atoms with van der Waals surface area (Å²) in [6.45, 7) is 1.46. The first-order valence-corrected chi connectivity index (χ1v) is 12.1. The molecule has 0 spiro atoms. The van der Waals surface area contributed by atoms with Crippen molar-refractivity contribution >= 4 is 17.0 Å². The summed E-state index contributed by atoms with van der Waals surface area (Å²) in [5.41, 5.74) is -0.411. The van der Waals surface area contributed by atoms with Crippen LogP contribution in [-0.4, -0.2) is 57.0 Å². The van der Waals surface area contributed by atoms with E-state index in [-0.39, 0.29) is 18.8 Å². The van der Waals surface area contributed by atoms with Gasteiger partial charge in [0.15, 0.2) is 11.4 Å². The van der Waals surface area contributed by atoms with E-state index in [4.69, 9.17) is 0 Å². The van der Waals surface area contributed by atoms with Crippen LogP contribution >= 0.6 is 0 Å². The number of nitrogens with one attached hydrogen (secondary N) is 1. The fraction of sp³-hybridized carbons (Fsp3) is 0.280. The van der Waals surface area contributed by atoms with Crippen molar-refractivity contribution in [2.45, 2.75) is 44.8 Å². The topological polar surface area (TPSA) is 127 Å². The predicted octanol–water partition coefficient (Wildman–Crippen LogP) is 5.15. The number of para-hydroxylation sites is 2. The summed E-state index contributed by atoms with van der Waals surface area (Å²) in [5.74, 6) is -7.26. The van der Waals surface area contributed by atoms with Gasteiger partial charge >= 0.3 is 18.1 Å². The van der Waals surface area contributed by atoms with Crippen LogP contribution in [0.5, 0.6) is 0 Å². The molecule has 0 aliphatic carbocycles. The predicted molar refractivity (Wildman–Crippen MR) is 131 cm³/mol. The van der Waals surface area contributed by atoms with Gasteiger partial charge in [0.05, 0.1) is 23.3 Å². The summed E-state index contributed by atoms with van der Waals surface area (Å²) in [6, 6.07) is 12.2. The molecule has 10 nitrogen and oxygen atoms in total. The Morgan fingerprint density at radius 3 is 2.52 bits per heavy atom. The fourth-order valence-corrected chi connectivity index (χ4v) is 4.50. The number of hydrogen-bond donors (Lipinski definition) is 2. The standard InChI is InChI=1S/C25H21F5N8O2/c1-2-3-11-18-32-21(24(26,27)25(28,29)30)20(23(39)40)37(18)12-14-7-6-10-17-19(14)31-13-38(17)16-9-5-4-8-15(16)22-33-35-36-34-22/h4-10,13H,2-3,11-12H2,1H3,(H,39,40)(H,33,34,35,36). The first-order chi connectivity index (χ1) is 19.0. The zero-order valence-electron chi connectivity index (χ0n) is 20.8. The normalized spacial score (nSPS) is 12.3. The van der Waals surface area contributed by atoms with Gasteiger partial charge in [0, 0.05) is 12.0 Å². The molecule has 0 aliphatic rings. The van der Waals surface area contributed by atoms with E-state index in [9.17, 15) is 31.9 Å². The van der Waals surface area contributed by atoms with E-state index in [1.54, 1.807) is 54.0 Å². The molecule has 208 valence electrons. The zero-order chi connectivity index (χ0) is 28.7. The number of tetrazole rings is 1. The van der Waals surface area contributed by atoms with Crippen LogP contribution in [0.15, 0.2) is 48.8 Å². The molecule has 2 aromatic carbocycles. The van der Waals surface area contributed by atoms with Gasteiger partial charge in [0.2, 0.25) is 5.82 Å². The number of carboxylic acids is 1. The Bertz CT molecular complexity index is 1670. The minimum atomic E-state index is -6.02. The van der Waals surface area contributed by atoms with E-state index in [0.29, 0.717) is 46.5 Å². The minimum Gasteiger partial charge on any atom is -0.477 e. The van der Waals surface area contributed by atoms with Crippen LogP contribution in [-0.2, 0) is 18.9 Å². The van der Waals surface area contributed by atoms with Crippen molar-refractivity contribution < 1.29 is 31.9 Å². The molecule has 0 fully saturated rings. The second kappa shape index (κ2) is 10.1. The van der Waals surface area contributed by atoms with Gasteiger partial charge in [-0.25, -0.2) is 14.8 Å². The van der Waals surface area contributed by atoms with Crippen molar-refractivity contribution in [1.29, 1.82) is 0 Å². The SMILES string of the molecule is CCCCc1nc(C(F)(F)C(F)(F)F)c(C(=O)O)n1Cc1cccc2c1ncn2-c1ccccc1-c1nn[nH]n1. The average Bonchev–Trinajstić information content (AvgIpc) is 3.66. The maximum Gasteiger partial charge on any atom is 0.459 e. The molecule has 0 saturated carbocycles. The fourth-order valence-electron chi connectivity index (χ4n) is 4.50. The molecular weight excluding hydrogens is 539 g/mol. The molecule has 3 aromatic heterocycles. The van der Waals surface area contributed by atoms with Crippen molar-refractivity contribution in [3.63, 3.8) is 0 Å². The Morgan fingerprint density at radius 1 is 1.07 bits per heavy atom. The Hall–Kier alpha value is -4.69. The number of halogens is 5. The third kappa shape index (κ3) is 4.56. The second-order valence-corrected chi connectivity index (χ2v) is 8.94. The molecule has 0 unspecified atom stereocenters. The summed E-state index contributed by atoms with van der Waals surface area (Å²) in [7, 11) is 0. The smallest absolute Gasteiger partial charge is 0.459 e. The number of carboxylic acid groups (broad SMARTS) is 1. The summed E-state index contributed by atoms with van der Waals surface area (Å²) in [4.78, 5) is 20.1. The number of carbonyl (C=O) groups is 1. The first kappa shape index (κ1) is 26.9. The highest BCUT2D eigenvalue weighted by molar-refractivity contribution is 5.88. The monoisotopic (exact) mass is 560 g/mol. The van der Waals surface area contributed by atoms with Crippen LogP contribution in [0.3, 0.4) is 0 Å². The molecule has 5 aromatic rings. The van der Waals surface area contributed by atoms with Gasteiger partial charge in [-0.15, -0.1) is 10.2 Å². The van der Waals surface area contributed by atoms with Gasteiger partial charge in [-0.1, -0.05) is 37.6 Å². The Kier molecular flexibility index (Phi) is 6.81. The number of benzene rings is 2. The Morgan fingerprint density at radius 2 is 1.85 bits per heavy atom. The van der Waals surface area contributed by atoms with Crippen molar-refractivity contribution in [3.05, 3.63) is 71.6 Å². The van der Waals surface area contributed by atoms with Crippen molar-refractivity contribution in [2.24, 2.45) is 0 Å². The quantitative estimate of drug-likeness (QED) is 0.239. The number of alkyl halides is 5. The molecule has 0 amide bonds. The zero-order valence-corrected chi connectivity index (χ0v) is 20.8. The van der Waals surface area contributed by atoms with Gasteiger partial charge < -0.3 is 9.67 Å². The van der Waals surface area contributed by atoms with E-state index in [1.165, 1.54) is 6.33 Å². The van der Waals surface area contributed by atoms with Crippen LogP contribution in [0.25, 0.3) is 28.1 Å². The number of aromatic nitrogens is 8. The van der Waals surface area contributed by atoms with Gasteiger partial charge in [-0.05, 0) is 35.4 Å². The van der Waals surface area contributed by atoms with Crippen molar-refractivity contribution in [2.75, 3.05) is 0 Å². The van der Waals surface area contributed by atoms with Gasteiger partial charge in [-0.2, -0.15) is 27.2 Å². The highest BCUT2D eigenvalue weighted by Crippen LogP contribution is 2.45. The van der Waals surface area contributed by atoms with Crippen molar-refractivity contribution in [1.82, 2.24) is 39.7 Å². The molecule has 0 saturated heterocycles. The number of aromatic carboxylic acids is 1. The summed E-state index contributed by atoms with van der Waals surface area (Å²) >= 11 is 0. The molecule has 3 heterocycles. The molecule has 0 aliphatic heterocycles. The number of aromatic amines is 1. The summed E-state index contributed by atoms with van der Waals surface area (Å²) < 4.78 is 71.3. The number of nitrogens with zero attached hydrogens (tertiary/aromatic N) is 7. The lowest BCUT2D eigenvalue weighted by Crippen LogP contribution is -2.35. The van der Waals surface area contributed by atoms with Crippen LogP contribution < -0.4 is 0 Å². The number of aryl methyl sites for hydroxylation is 1. The first-order valence-electron chi connectivity index (χ1n) is 12.1. The maximum atomic E-state index is 14.4. The molecule has 0 radical (unpaired) electrons. The average molecular weight is 560 g/mol. The molecule has 2 N–H and O–H groups in total. The number of H-pyrrole nitrogens is 1. The Balaban J connectivity index is 1.65. The highest BCUT2D eigenvalue weighted by atomic mass is 19.4. The van der Waals surface area contributed by atoms with Crippen molar-refractivity contribution in [3.8, 4) is 17.1 Å². The van der Waals surface area contributed by atoms with E-state index in [0.717, 1.165) is 4.57 Å². The van der Waals surface area contributed by atoms with Gasteiger partial charge in [0.25, 0.3) is 0 Å². The lowest BCUT2D eigenvalue weighted by molar-refractivity contribution is -0.291. The molecular formula is C25H21F5N8O2. The molecule has 15 heteroatoms. The minimum absolute atomic E-state index is 0.00715. The molecule has 5 rings (SSSR count). The third-order valence-corrected chi connectivity index (χ3v) is 6.40. The van der Waals surface area contributed by atoms with Gasteiger partial charge in [0.1, 0.15) is 12.2 Å². The number of imidazole rings is 2. The van der Waals surface area contributed by atoms with Crippen LogP contribution in [0.1, 0.15) is 47.3 Å². The second-order valence-electron chi connectivity index (χ2n) is 8.94. The number of rotatable bonds is 9. The van der Waals surface area contributed by atoms with Crippen LogP contribution in [0.4, 0.5) is 22.0 Å². The maximum absolute atomic E-state index is 14.4. The van der Waals surface area contributed by atoms with E-state index < -0.39 is 29.5 Å². The lowest BCUT2D eigenvalue weighted by Gasteiger charge is -2.18. The lowest BCUT2D eigenvalue weighted by atomic mass is 10.1. The Labute approximate surface area is 222 Å². The largest absolute Gasteiger partial charge is 0.477 e.